The number of hydrogen-bond acceptors (Lipinski definition) is 5. The minimum Gasteiger partial charge on any atom is -0.370 e. The van der Waals surface area contributed by atoms with Gasteiger partial charge in [-0.3, -0.25) is 4.79 Å². The van der Waals surface area contributed by atoms with Crippen molar-refractivity contribution >= 4 is 23.2 Å². The number of ether oxygens (including phenoxy) is 3. The maximum atomic E-state index is 10.8. The summed E-state index contributed by atoms with van der Waals surface area (Å²) in [5, 5.41) is 7.36. The second-order valence-electron chi connectivity index (χ2n) is 6.47. The average molecular weight is 343 g/mol. The maximum Gasteiger partial charge on any atom is 0.243 e. The van der Waals surface area contributed by atoms with Gasteiger partial charge in [0.1, 0.15) is 24.9 Å². The topological polar surface area (TPSA) is 94.8 Å². The Kier molecular flexibility index (Phi) is 5.68. The molecule has 0 spiro atoms. The molecule has 0 aromatic carbocycles. The second kappa shape index (κ2) is 7.74. The van der Waals surface area contributed by atoms with Crippen LogP contribution in [0.25, 0.3) is 0 Å². The third-order valence-corrected chi connectivity index (χ3v) is 4.94. The number of rotatable bonds is 5. The Morgan fingerprint density at radius 3 is 2.61 bits per heavy atom. The minimum atomic E-state index is -0.487. The number of carbonyl (C=O) groups excluding carboxylic acids is 1. The fourth-order valence-electron chi connectivity index (χ4n) is 3.56. The summed E-state index contributed by atoms with van der Waals surface area (Å²) in [6.45, 7) is 0.808. The van der Waals surface area contributed by atoms with Gasteiger partial charge in [-0.15, -0.1) is 0 Å². The summed E-state index contributed by atoms with van der Waals surface area (Å²) in [6.07, 6.45) is 5.66. The zero-order chi connectivity index (χ0) is 16.2. The lowest BCUT2D eigenvalue weighted by Gasteiger charge is -2.26. The Labute approximate surface area is 141 Å². The van der Waals surface area contributed by atoms with Crippen LogP contribution < -0.4 is 16.4 Å². The fraction of sp³-hybridized carbons (Fsp3) is 0.867. The van der Waals surface area contributed by atoms with Crippen molar-refractivity contribution in [1.82, 2.24) is 10.6 Å². The molecule has 4 N–H and O–H groups in total. The Morgan fingerprint density at radius 2 is 1.87 bits per heavy atom. The number of primary amides is 1. The molecule has 8 heteroatoms. The third-order valence-electron chi connectivity index (χ3n) is 4.70. The first-order valence-electron chi connectivity index (χ1n) is 8.33. The fourth-order valence-corrected chi connectivity index (χ4v) is 3.88. The summed E-state index contributed by atoms with van der Waals surface area (Å²) in [5.41, 5.74) is 5.11. The second-order valence-corrected chi connectivity index (χ2v) is 6.88. The van der Waals surface area contributed by atoms with Crippen LogP contribution in [-0.2, 0) is 19.0 Å². The molecule has 3 rings (SSSR count). The molecule has 3 aliphatic rings. The van der Waals surface area contributed by atoms with Crippen LogP contribution in [0.1, 0.15) is 32.1 Å². The molecule has 23 heavy (non-hydrogen) atoms. The zero-order valence-corrected chi connectivity index (χ0v) is 14.0. The number of nitrogens with two attached hydrogens (primary N) is 1. The van der Waals surface area contributed by atoms with Gasteiger partial charge in [0.05, 0.1) is 19.3 Å². The Hall–Kier alpha value is -0.960. The molecule has 0 bridgehead atoms. The third kappa shape index (κ3) is 4.32. The summed E-state index contributed by atoms with van der Waals surface area (Å²) >= 11 is 5.42. The monoisotopic (exact) mass is 343 g/mol. The summed E-state index contributed by atoms with van der Waals surface area (Å²) in [6, 6.07) is 0.476. The predicted molar refractivity (Wildman–Crippen MR) is 87.9 cm³/mol. The molecule has 0 radical (unpaired) electrons. The Morgan fingerprint density at radius 1 is 1.13 bits per heavy atom. The molecule has 0 aromatic rings. The molecule has 2 heterocycles. The van der Waals surface area contributed by atoms with E-state index in [0.29, 0.717) is 24.4 Å². The van der Waals surface area contributed by atoms with Gasteiger partial charge in [-0.05, 0) is 25.1 Å². The molecular formula is C15H25N3O4S. The predicted octanol–water partition coefficient (Wildman–Crippen LogP) is -0.180. The minimum absolute atomic E-state index is 0.00534. The largest absolute Gasteiger partial charge is 0.370 e. The van der Waals surface area contributed by atoms with E-state index >= 15 is 0 Å². The number of nitrogens with one attached hydrogen (secondary N) is 2. The van der Waals surface area contributed by atoms with Crippen molar-refractivity contribution in [2.45, 2.75) is 62.5 Å². The molecule has 4 atom stereocenters. The van der Waals surface area contributed by atoms with Gasteiger partial charge in [0.15, 0.2) is 5.11 Å². The van der Waals surface area contributed by atoms with E-state index in [0.717, 1.165) is 0 Å². The van der Waals surface area contributed by atoms with E-state index in [9.17, 15) is 4.79 Å². The Balaban J connectivity index is 1.45. The molecule has 3 fully saturated rings. The average Bonchev–Trinajstić information content (AvgIpc) is 3.09. The highest BCUT2D eigenvalue weighted by molar-refractivity contribution is 7.80. The van der Waals surface area contributed by atoms with Crippen LogP contribution in [0.2, 0.25) is 0 Å². The molecular weight excluding hydrogens is 318 g/mol. The highest BCUT2D eigenvalue weighted by atomic mass is 32.1. The van der Waals surface area contributed by atoms with E-state index in [-0.39, 0.29) is 31.0 Å². The van der Waals surface area contributed by atoms with Crippen molar-refractivity contribution in [2.24, 2.45) is 5.73 Å². The van der Waals surface area contributed by atoms with Crippen LogP contribution in [0.4, 0.5) is 0 Å². The lowest BCUT2D eigenvalue weighted by atomic mass is 9.96. The van der Waals surface area contributed by atoms with Crippen molar-refractivity contribution in [1.29, 1.82) is 0 Å². The van der Waals surface area contributed by atoms with Crippen LogP contribution in [0, 0.1) is 0 Å². The van der Waals surface area contributed by atoms with E-state index in [1.165, 1.54) is 32.1 Å². The van der Waals surface area contributed by atoms with Crippen molar-refractivity contribution < 1.29 is 19.0 Å². The molecule has 2 saturated heterocycles. The first-order chi connectivity index (χ1) is 11.1. The van der Waals surface area contributed by atoms with E-state index in [4.69, 9.17) is 32.2 Å². The van der Waals surface area contributed by atoms with E-state index < -0.39 is 5.91 Å². The zero-order valence-electron chi connectivity index (χ0n) is 13.2. The molecule has 4 unspecified atom stereocenters. The van der Waals surface area contributed by atoms with Crippen LogP contribution in [-0.4, -0.2) is 61.2 Å². The van der Waals surface area contributed by atoms with Gasteiger partial charge in [-0.2, -0.15) is 0 Å². The van der Waals surface area contributed by atoms with Gasteiger partial charge in [-0.1, -0.05) is 19.3 Å². The molecule has 130 valence electrons. The van der Waals surface area contributed by atoms with Crippen LogP contribution in [0.5, 0.6) is 0 Å². The van der Waals surface area contributed by atoms with Gasteiger partial charge in [0.2, 0.25) is 5.91 Å². The van der Waals surface area contributed by atoms with Gasteiger partial charge in [0, 0.05) is 6.04 Å². The van der Waals surface area contributed by atoms with Gasteiger partial charge in [0.25, 0.3) is 0 Å². The molecule has 2 aliphatic heterocycles. The quantitative estimate of drug-likeness (QED) is 0.596. The van der Waals surface area contributed by atoms with Gasteiger partial charge >= 0.3 is 0 Å². The van der Waals surface area contributed by atoms with E-state index in [1.54, 1.807) is 0 Å². The van der Waals surface area contributed by atoms with Crippen LogP contribution in [0.15, 0.2) is 0 Å². The highest BCUT2D eigenvalue weighted by Crippen LogP contribution is 2.29. The summed E-state index contributed by atoms with van der Waals surface area (Å²) in [7, 11) is 0. The molecule has 1 amide bonds. The van der Waals surface area contributed by atoms with Crippen LogP contribution in [0.3, 0.4) is 0 Å². The summed E-state index contributed by atoms with van der Waals surface area (Å²) in [4.78, 5) is 10.8. The number of hydrogen-bond donors (Lipinski definition) is 3. The first-order valence-corrected chi connectivity index (χ1v) is 8.74. The SMILES string of the molecule is NC(=O)COC1COC2C(NC(=S)NC3CCCCC3)COC12. The van der Waals surface area contributed by atoms with E-state index in [2.05, 4.69) is 10.6 Å². The lowest BCUT2D eigenvalue weighted by Crippen LogP contribution is -2.50. The maximum absolute atomic E-state index is 10.8. The highest BCUT2D eigenvalue weighted by Gasteiger charge is 2.48. The summed E-state index contributed by atoms with van der Waals surface area (Å²) < 4.78 is 17.0. The standard InChI is InChI=1S/C15H25N3O4S/c16-12(19)8-20-11-7-22-13-10(6-21-14(11)13)18-15(23)17-9-4-2-1-3-5-9/h9-11,13-14H,1-8H2,(H2,16,19)(H2,17,18,23). The van der Waals surface area contributed by atoms with Crippen molar-refractivity contribution in [2.75, 3.05) is 19.8 Å². The normalized spacial score (nSPS) is 34.1. The smallest absolute Gasteiger partial charge is 0.243 e. The Bertz CT molecular complexity index is 444. The molecule has 1 saturated carbocycles. The lowest BCUT2D eigenvalue weighted by molar-refractivity contribution is -0.126. The number of fused-ring (bicyclic) bond motifs is 1. The summed E-state index contributed by atoms with van der Waals surface area (Å²) in [5.74, 6) is -0.487. The number of thiocarbonyl (C=S) groups is 1. The van der Waals surface area contributed by atoms with Gasteiger partial charge in [-0.25, -0.2) is 0 Å². The van der Waals surface area contributed by atoms with Crippen molar-refractivity contribution in [3.05, 3.63) is 0 Å². The molecule has 1 aliphatic carbocycles. The van der Waals surface area contributed by atoms with E-state index in [1.807, 2.05) is 0 Å². The molecule has 7 nitrogen and oxygen atoms in total. The first kappa shape index (κ1) is 16.9. The van der Waals surface area contributed by atoms with Crippen molar-refractivity contribution in [3.63, 3.8) is 0 Å². The van der Waals surface area contributed by atoms with Crippen LogP contribution >= 0.6 is 12.2 Å². The molecule has 0 aromatic heterocycles. The van der Waals surface area contributed by atoms with Gasteiger partial charge < -0.3 is 30.6 Å². The van der Waals surface area contributed by atoms with Crippen molar-refractivity contribution in [3.8, 4) is 0 Å². The number of carbonyl (C=O) groups is 1. The number of amides is 1.